The number of rotatable bonds is 2. The van der Waals surface area contributed by atoms with Crippen molar-refractivity contribution < 1.29 is 19.1 Å². The molecular weight excluding hydrogens is 304 g/mol. The Hall–Kier alpha value is -1.89. The van der Waals surface area contributed by atoms with Crippen molar-refractivity contribution in [2.45, 2.75) is 32.8 Å². The summed E-state index contributed by atoms with van der Waals surface area (Å²) in [5, 5.41) is 0. The second-order valence-electron chi connectivity index (χ2n) is 5.93. The second kappa shape index (κ2) is 6.48. The van der Waals surface area contributed by atoms with Crippen LogP contribution < -0.4 is 0 Å². The van der Waals surface area contributed by atoms with E-state index in [1.54, 1.807) is 10.4 Å². The lowest BCUT2D eigenvalue weighted by molar-refractivity contribution is 0.0270. The van der Waals surface area contributed by atoms with Crippen molar-refractivity contribution in [1.82, 2.24) is 9.88 Å². The summed E-state index contributed by atoms with van der Waals surface area (Å²) in [4.78, 5) is 30.2. The molecule has 22 heavy (non-hydrogen) atoms. The van der Waals surface area contributed by atoms with E-state index in [1.807, 2.05) is 26.8 Å². The highest BCUT2D eigenvalue weighted by Crippen LogP contribution is 2.29. The highest BCUT2D eigenvalue weighted by Gasteiger charge is 2.26. The number of carbonyl (C=O) groups excluding carboxylic acids is 2. The molecule has 1 aliphatic rings. The van der Waals surface area contributed by atoms with E-state index in [-0.39, 0.29) is 6.09 Å². The molecule has 0 aromatic carbocycles. The van der Waals surface area contributed by atoms with Gasteiger partial charge in [-0.15, -0.1) is 11.3 Å². The molecule has 0 aliphatic carbocycles. The Bertz CT molecular complexity index is 601. The summed E-state index contributed by atoms with van der Waals surface area (Å²) in [5.41, 5.74) is 2.48. The molecule has 0 saturated carbocycles. The molecule has 2 heterocycles. The van der Waals surface area contributed by atoms with E-state index in [1.165, 1.54) is 18.4 Å². The van der Waals surface area contributed by atoms with E-state index >= 15 is 0 Å². The Labute approximate surface area is 133 Å². The molecule has 6 nitrogen and oxygen atoms in total. The van der Waals surface area contributed by atoms with E-state index in [4.69, 9.17) is 9.47 Å². The lowest BCUT2D eigenvalue weighted by Gasteiger charge is -2.29. The van der Waals surface area contributed by atoms with E-state index in [9.17, 15) is 9.59 Å². The van der Waals surface area contributed by atoms with Gasteiger partial charge in [0.05, 0.1) is 17.5 Å². The summed E-state index contributed by atoms with van der Waals surface area (Å²) in [7, 11) is 1.34. The molecule has 1 aromatic rings. The molecule has 0 fully saturated rings. The average Bonchev–Trinajstić information content (AvgIpc) is 2.94. The fourth-order valence-corrected chi connectivity index (χ4v) is 2.93. The van der Waals surface area contributed by atoms with E-state index < -0.39 is 11.6 Å². The number of carbonyl (C=O) groups is 2. The Balaban J connectivity index is 2.08. The summed E-state index contributed by atoms with van der Waals surface area (Å²) in [6.45, 7) is 6.55. The number of aromatic nitrogens is 1. The summed E-state index contributed by atoms with van der Waals surface area (Å²) in [6, 6.07) is 0. The lowest BCUT2D eigenvalue weighted by Crippen LogP contribution is -2.39. The molecule has 0 atom stereocenters. The largest absolute Gasteiger partial charge is 0.464 e. The average molecular weight is 324 g/mol. The van der Waals surface area contributed by atoms with Crippen LogP contribution in [0.1, 0.15) is 42.6 Å². The van der Waals surface area contributed by atoms with Crippen LogP contribution in [0.5, 0.6) is 0 Å². The first-order valence-corrected chi connectivity index (χ1v) is 7.89. The lowest BCUT2D eigenvalue weighted by atomic mass is 10.1. The van der Waals surface area contributed by atoms with Gasteiger partial charge in [0.15, 0.2) is 5.69 Å². The van der Waals surface area contributed by atoms with Crippen LogP contribution in [0, 0.1) is 0 Å². The van der Waals surface area contributed by atoms with Crippen LogP contribution in [0.2, 0.25) is 0 Å². The normalized spacial score (nSPS) is 15.3. The minimum absolute atomic E-state index is 0.319. The number of hydrogen-bond donors (Lipinski definition) is 0. The highest BCUT2D eigenvalue weighted by atomic mass is 32.1. The molecule has 0 saturated heterocycles. The summed E-state index contributed by atoms with van der Waals surface area (Å²) < 4.78 is 10.1. The molecule has 0 spiro atoms. The number of thiazole rings is 1. The van der Waals surface area contributed by atoms with Crippen molar-refractivity contribution in [2.75, 3.05) is 20.2 Å². The zero-order valence-corrected chi connectivity index (χ0v) is 14.0. The molecular formula is C15H20N2O4S. The van der Waals surface area contributed by atoms with E-state index in [0.717, 1.165) is 10.5 Å². The van der Waals surface area contributed by atoms with Gasteiger partial charge in [-0.3, -0.25) is 0 Å². The van der Waals surface area contributed by atoms with Crippen molar-refractivity contribution in [1.29, 1.82) is 0 Å². The summed E-state index contributed by atoms with van der Waals surface area (Å²) in [5.74, 6) is -0.438. The van der Waals surface area contributed by atoms with Gasteiger partial charge in [-0.05, 0) is 32.8 Å². The van der Waals surface area contributed by atoms with Gasteiger partial charge >= 0.3 is 12.1 Å². The number of hydrogen-bond acceptors (Lipinski definition) is 6. The van der Waals surface area contributed by atoms with Crippen LogP contribution in [0.25, 0.3) is 5.57 Å². The smallest absolute Gasteiger partial charge is 0.410 e. The monoisotopic (exact) mass is 324 g/mol. The van der Waals surface area contributed by atoms with Crippen molar-refractivity contribution in [2.24, 2.45) is 0 Å². The quantitative estimate of drug-likeness (QED) is 0.782. The van der Waals surface area contributed by atoms with Gasteiger partial charge in [0.2, 0.25) is 0 Å². The fourth-order valence-electron chi connectivity index (χ4n) is 2.08. The minimum Gasteiger partial charge on any atom is -0.464 e. The number of ether oxygens (including phenoxy) is 2. The second-order valence-corrected chi connectivity index (χ2v) is 6.78. The van der Waals surface area contributed by atoms with Gasteiger partial charge in [-0.25, -0.2) is 14.6 Å². The van der Waals surface area contributed by atoms with Gasteiger partial charge < -0.3 is 14.4 Å². The van der Waals surface area contributed by atoms with E-state index in [0.29, 0.717) is 25.2 Å². The molecule has 1 aromatic heterocycles. The third-order valence-electron chi connectivity index (χ3n) is 3.10. The number of esters is 1. The third-order valence-corrected chi connectivity index (χ3v) is 4.00. The first-order chi connectivity index (χ1) is 10.3. The summed E-state index contributed by atoms with van der Waals surface area (Å²) in [6.07, 6.45) is 2.28. The topological polar surface area (TPSA) is 68.7 Å². The van der Waals surface area contributed by atoms with Crippen molar-refractivity contribution in [3.05, 3.63) is 22.2 Å². The van der Waals surface area contributed by atoms with Gasteiger partial charge in [0.1, 0.15) is 5.60 Å². The van der Waals surface area contributed by atoms with Crippen LogP contribution >= 0.6 is 11.3 Å². The van der Waals surface area contributed by atoms with Crippen molar-refractivity contribution in [3.63, 3.8) is 0 Å². The molecule has 1 amide bonds. The zero-order valence-electron chi connectivity index (χ0n) is 13.2. The first-order valence-electron chi connectivity index (χ1n) is 7.01. The third kappa shape index (κ3) is 3.85. The van der Waals surface area contributed by atoms with Crippen LogP contribution in [0.4, 0.5) is 4.79 Å². The number of nitrogens with zero attached hydrogens (tertiary/aromatic N) is 2. The Kier molecular flexibility index (Phi) is 4.85. The van der Waals surface area contributed by atoms with Crippen molar-refractivity contribution >= 4 is 29.0 Å². The molecule has 2 rings (SSSR count). The molecule has 0 N–H and O–H groups in total. The van der Waals surface area contributed by atoms with Gasteiger partial charge in [-0.2, -0.15) is 0 Å². The Morgan fingerprint density at radius 2 is 2.09 bits per heavy atom. The van der Waals surface area contributed by atoms with Crippen molar-refractivity contribution in [3.8, 4) is 0 Å². The zero-order chi connectivity index (χ0) is 16.3. The Morgan fingerprint density at radius 3 is 2.64 bits per heavy atom. The van der Waals surface area contributed by atoms with E-state index in [2.05, 4.69) is 4.98 Å². The SMILES string of the molecule is COC(=O)c1ncsc1C1=CCN(C(=O)OC(C)(C)C)CC1. The molecule has 120 valence electrons. The number of methoxy groups -OCH3 is 1. The molecule has 7 heteroatoms. The maximum absolute atomic E-state index is 12.0. The maximum Gasteiger partial charge on any atom is 0.410 e. The van der Waals surface area contributed by atoms with Gasteiger partial charge in [0, 0.05) is 13.1 Å². The van der Waals surface area contributed by atoms with Crippen LogP contribution in [0.3, 0.4) is 0 Å². The standard InChI is InChI=1S/C15H20N2O4S/c1-15(2,3)21-14(19)17-7-5-10(6-8-17)12-11(13(18)20-4)16-9-22-12/h5,9H,6-8H2,1-4H3. The van der Waals surface area contributed by atoms with Crippen LogP contribution in [0.15, 0.2) is 11.6 Å². The summed E-state index contributed by atoms with van der Waals surface area (Å²) >= 11 is 1.40. The minimum atomic E-state index is -0.503. The fraction of sp³-hybridized carbons (Fsp3) is 0.533. The van der Waals surface area contributed by atoms with Gasteiger partial charge in [-0.1, -0.05) is 6.08 Å². The van der Waals surface area contributed by atoms with Crippen LogP contribution in [-0.2, 0) is 9.47 Å². The Morgan fingerprint density at radius 1 is 1.36 bits per heavy atom. The van der Waals surface area contributed by atoms with Gasteiger partial charge in [0.25, 0.3) is 0 Å². The predicted octanol–water partition coefficient (Wildman–Crippen LogP) is 2.95. The predicted molar refractivity (Wildman–Crippen MR) is 83.9 cm³/mol. The number of amides is 1. The molecule has 0 radical (unpaired) electrons. The molecule has 0 unspecified atom stereocenters. The maximum atomic E-state index is 12.0. The van der Waals surface area contributed by atoms with Crippen LogP contribution in [-0.4, -0.2) is 47.7 Å². The molecule has 0 bridgehead atoms. The highest BCUT2D eigenvalue weighted by molar-refractivity contribution is 7.11. The first kappa shape index (κ1) is 16.5. The molecule has 1 aliphatic heterocycles.